The van der Waals surface area contributed by atoms with Crippen LogP contribution in [0.4, 0.5) is 0 Å². The van der Waals surface area contributed by atoms with Crippen LogP contribution in [0.5, 0.6) is 0 Å². The summed E-state index contributed by atoms with van der Waals surface area (Å²) in [6.45, 7) is 8.23. The number of carbonyl (C=O) groups is 1. The van der Waals surface area contributed by atoms with Crippen molar-refractivity contribution in [2.75, 3.05) is 32.7 Å². The van der Waals surface area contributed by atoms with Crippen LogP contribution >= 0.6 is 0 Å². The molecule has 1 amide bonds. The highest BCUT2D eigenvalue weighted by atomic mass is 16.2. The van der Waals surface area contributed by atoms with Crippen LogP contribution in [0.1, 0.15) is 20.3 Å². The lowest BCUT2D eigenvalue weighted by molar-refractivity contribution is -0.127. The van der Waals surface area contributed by atoms with E-state index in [0.717, 1.165) is 32.6 Å². The van der Waals surface area contributed by atoms with E-state index in [9.17, 15) is 4.79 Å². The Morgan fingerprint density at radius 2 is 2.36 bits per heavy atom. The quantitative estimate of drug-likeness (QED) is 0.687. The molecule has 0 spiro atoms. The lowest BCUT2D eigenvalue weighted by Crippen LogP contribution is -2.40. The summed E-state index contributed by atoms with van der Waals surface area (Å²) in [4.78, 5) is 15.4. The highest BCUT2D eigenvalue weighted by Crippen LogP contribution is 2.14. The maximum Gasteiger partial charge on any atom is 0.219 e. The normalized spacial score (nSPS) is 22.0. The van der Waals surface area contributed by atoms with Gasteiger partial charge < -0.3 is 10.6 Å². The Morgan fingerprint density at radius 1 is 1.64 bits per heavy atom. The first-order valence-electron chi connectivity index (χ1n) is 5.38. The van der Waals surface area contributed by atoms with Gasteiger partial charge in [0.25, 0.3) is 0 Å². The van der Waals surface area contributed by atoms with Crippen LogP contribution in [0.2, 0.25) is 0 Å². The standard InChI is InChI=1S/C10H21N3O/c1-3-12(7-5-11)10-4-6-13(8-10)9(2)14/h10H,3-8,11H2,1-2H3/t10-/m0/s1. The molecule has 1 rings (SSSR count). The summed E-state index contributed by atoms with van der Waals surface area (Å²) >= 11 is 0. The van der Waals surface area contributed by atoms with Crippen molar-refractivity contribution < 1.29 is 4.79 Å². The first kappa shape index (κ1) is 11.5. The minimum atomic E-state index is 0.191. The smallest absolute Gasteiger partial charge is 0.219 e. The van der Waals surface area contributed by atoms with E-state index in [-0.39, 0.29) is 5.91 Å². The molecule has 0 aromatic rings. The number of rotatable bonds is 4. The zero-order valence-corrected chi connectivity index (χ0v) is 9.20. The number of hydrogen-bond donors (Lipinski definition) is 1. The monoisotopic (exact) mass is 199 g/mol. The molecule has 2 N–H and O–H groups in total. The summed E-state index contributed by atoms with van der Waals surface area (Å²) in [5, 5.41) is 0. The van der Waals surface area contributed by atoms with Crippen LogP contribution in [0.25, 0.3) is 0 Å². The van der Waals surface area contributed by atoms with E-state index in [0.29, 0.717) is 12.6 Å². The van der Waals surface area contributed by atoms with Crippen molar-refractivity contribution in [2.24, 2.45) is 5.73 Å². The third-order valence-corrected chi connectivity index (χ3v) is 2.95. The zero-order valence-electron chi connectivity index (χ0n) is 9.20. The van der Waals surface area contributed by atoms with Gasteiger partial charge in [-0.25, -0.2) is 0 Å². The second kappa shape index (κ2) is 5.32. The number of nitrogens with zero attached hydrogens (tertiary/aromatic N) is 2. The maximum absolute atomic E-state index is 11.1. The van der Waals surface area contributed by atoms with Crippen molar-refractivity contribution in [3.63, 3.8) is 0 Å². The van der Waals surface area contributed by atoms with Crippen molar-refractivity contribution in [3.05, 3.63) is 0 Å². The van der Waals surface area contributed by atoms with Crippen LogP contribution in [0.3, 0.4) is 0 Å². The van der Waals surface area contributed by atoms with E-state index in [4.69, 9.17) is 5.73 Å². The van der Waals surface area contributed by atoms with Crippen LogP contribution in [-0.2, 0) is 4.79 Å². The molecule has 1 aliphatic heterocycles. The number of amides is 1. The summed E-state index contributed by atoms with van der Waals surface area (Å²) in [5.74, 6) is 0.191. The van der Waals surface area contributed by atoms with Crippen molar-refractivity contribution in [1.82, 2.24) is 9.80 Å². The van der Waals surface area contributed by atoms with Gasteiger partial charge in [-0.15, -0.1) is 0 Å². The fourth-order valence-electron chi connectivity index (χ4n) is 2.09. The first-order valence-corrected chi connectivity index (χ1v) is 5.38. The number of likely N-dealkylation sites (tertiary alicyclic amines) is 1. The number of hydrogen-bond acceptors (Lipinski definition) is 3. The van der Waals surface area contributed by atoms with Gasteiger partial charge in [-0.2, -0.15) is 0 Å². The zero-order chi connectivity index (χ0) is 10.6. The molecule has 0 saturated carbocycles. The van der Waals surface area contributed by atoms with Gasteiger partial charge >= 0.3 is 0 Å². The van der Waals surface area contributed by atoms with Crippen LogP contribution < -0.4 is 5.73 Å². The van der Waals surface area contributed by atoms with Crippen LogP contribution in [0.15, 0.2) is 0 Å². The third-order valence-electron chi connectivity index (χ3n) is 2.95. The molecule has 0 unspecified atom stereocenters. The highest BCUT2D eigenvalue weighted by Gasteiger charge is 2.27. The molecule has 0 aromatic carbocycles. The van der Waals surface area contributed by atoms with Gasteiger partial charge in [0.05, 0.1) is 0 Å². The fraction of sp³-hybridized carbons (Fsp3) is 0.900. The van der Waals surface area contributed by atoms with Crippen LogP contribution in [0, 0.1) is 0 Å². The van der Waals surface area contributed by atoms with Crippen molar-refractivity contribution in [1.29, 1.82) is 0 Å². The number of carbonyl (C=O) groups excluding carboxylic acids is 1. The number of likely N-dealkylation sites (N-methyl/N-ethyl adjacent to an activating group) is 1. The summed E-state index contributed by atoms with van der Waals surface area (Å²) in [5.41, 5.74) is 5.54. The Balaban J connectivity index is 2.42. The predicted molar refractivity (Wildman–Crippen MR) is 57.0 cm³/mol. The lowest BCUT2D eigenvalue weighted by Gasteiger charge is -2.26. The molecule has 1 saturated heterocycles. The van der Waals surface area contributed by atoms with Gasteiger partial charge in [0.1, 0.15) is 0 Å². The Labute approximate surface area is 86.0 Å². The molecule has 0 radical (unpaired) electrons. The van der Waals surface area contributed by atoms with Gasteiger partial charge in [0.2, 0.25) is 5.91 Å². The second-order valence-electron chi connectivity index (χ2n) is 3.82. The predicted octanol–water partition coefficient (Wildman–Crippen LogP) is -0.112. The van der Waals surface area contributed by atoms with Crippen LogP contribution in [-0.4, -0.2) is 54.5 Å². The second-order valence-corrected chi connectivity index (χ2v) is 3.82. The van der Waals surface area contributed by atoms with E-state index in [1.54, 1.807) is 6.92 Å². The molecule has 0 aromatic heterocycles. The molecule has 14 heavy (non-hydrogen) atoms. The van der Waals surface area contributed by atoms with Gasteiger partial charge in [0.15, 0.2) is 0 Å². The maximum atomic E-state index is 11.1. The molecule has 4 heteroatoms. The molecule has 0 aliphatic carbocycles. The molecule has 1 aliphatic rings. The van der Waals surface area contributed by atoms with E-state index in [1.165, 1.54) is 0 Å². The minimum absolute atomic E-state index is 0.191. The Kier molecular flexibility index (Phi) is 4.35. The van der Waals surface area contributed by atoms with Crippen molar-refractivity contribution in [2.45, 2.75) is 26.3 Å². The molecule has 1 fully saturated rings. The Hall–Kier alpha value is -0.610. The molecule has 4 nitrogen and oxygen atoms in total. The minimum Gasteiger partial charge on any atom is -0.341 e. The highest BCUT2D eigenvalue weighted by molar-refractivity contribution is 5.73. The average Bonchev–Trinajstić information content (AvgIpc) is 2.63. The van der Waals surface area contributed by atoms with Gasteiger partial charge in [-0.1, -0.05) is 6.92 Å². The molecule has 1 heterocycles. The Morgan fingerprint density at radius 3 is 2.79 bits per heavy atom. The Bertz CT molecular complexity index is 196. The number of nitrogens with two attached hydrogens (primary N) is 1. The molecule has 82 valence electrons. The van der Waals surface area contributed by atoms with Gasteiger partial charge in [0, 0.05) is 39.1 Å². The summed E-state index contributed by atoms with van der Waals surface area (Å²) in [6, 6.07) is 0.521. The molecular formula is C10H21N3O. The summed E-state index contributed by atoms with van der Waals surface area (Å²) < 4.78 is 0. The van der Waals surface area contributed by atoms with E-state index in [2.05, 4.69) is 11.8 Å². The summed E-state index contributed by atoms with van der Waals surface area (Å²) in [6.07, 6.45) is 1.09. The molecule has 0 bridgehead atoms. The first-order chi connectivity index (χ1) is 6.69. The average molecular weight is 199 g/mol. The van der Waals surface area contributed by atoms with E-state index < -0.39 is 0 Å². The lowest BCUT2D eigenvalue weighted by atomic mass is 10.2. The summed E-state index contributed by atoms with van der Waals surface area (Å²) in [7, 11) is 0. The van der Waals surface area contributed by atoms with Crippen molar-refractivity contribution >= 4 is 5.91 Å². The SMILES string of the molecule is CCN(CCN)[C@H]1CCN(C(C)=O)C1. The molecule has 1 atom stereocenters. The van der Waals surface area contributed by atoms with E-state index >= 15 is 0 Å². The molecular weight excluding hydrogens is 178 g/mol. The van der Waals surface area contributed by atoms with Crippen molar-refractivity contribution in [3.8, 4) is 0 Å². The van der Waals surface area contributed by atoms with Gasteiger partial charge in [-0.3, -0.25) is 9.69 Å². The van der Waals surface area contributed by atoms with Gasteiger partial charge in [-0.05, 0) is 13.0 Å². The van der Waals surface area contributed by atoms with E-state index in [1.807, 2.05) is 4.90 Å². The fourth-order valence-corrected chi connectivity index (χ4v) is 2.09. The third kappa shape index (κ3) is 2.69. The largest absolute Gasteiger partial charge is 0.341 e. The topological polar surface area (TPSA) is 49.6 Å².